The molecule has 0 spiro atoms. The molecule has 5 nitrogen and oxygen atoms in total. The standard InChI is InChI=1S/C23H21F2NO4S/c1-29-20-12-16-10-11-26(31(27,28)22-13-17(24)8-9-19(22)25)23(15-6-4-3-5-7-15)18(16)14-21(20)30-2/h3-9,12-14,23H,10-11H2,1-2H3. The van der Waals surface area contributed by atoms with Gasteiger partial charge < -0.3 is 9.47 Å². The van der Waals surface area contributed by atoms with Crippen molar-refractivity contribution in [1.29, 1.82) is 0 Å². The zero-order chi connectivity index (χ0) is 22.2. The molecule has 0 aliphatic carbocycles. The van der Waals surface area contributed by atoms with Crippen molar-refractivity contribution in [2.75, 3.05) is 20.8 Å². The molecule has 0 amide bonds. The maximum atomic E-state index is 14.5. The highest BCUT2D eigenvalue weighted by Crippen LogP contribution is 2.43. The van der Waals surface area contributed by atoms with Crippen LogP contribution in [0.25, 0.3) is 0 Å². The van der Waals surface area contributed by atoms with E-state index in [0.717, 1.165) is 23.8 Å². The number of sulfonamides is 1. The smallest absolute Gasteiger partial charge is 0.246 e. The van der Waals surface area contributed by atoms with Crippen molar-refractivity contribution in [3.8, 4) is 11.5 Å². The summed E-state index contributed by atoms with van der Waals surface area (Å²) in [6.07, 6.45) is 0.384. The summed E-state index contributed by atoms with van der Waals surface area (Å²) in [4.78, 5) is -0.683. The van der Waals surface area contributed by atoms with E-state index in [4.69, 9.17) is 9.47 Å². The van der Waals surface area contributed by atoms with Crippen LogP contribution in [0.15, 0.2) is 65.6 Å². The van der Waals surface area contributed by atoms with Crippen LogP contribution in [-0.2, 0) is 16.4 Å². The minimum atomic E-state index is -4.34. The van der Waals surface area contributed by atoms with E-state index in [0.29, 0.717) is 29.0 Å². The minimum absolute atomic E-state index is 0.0976. The van der Waals surface area contributed by atoms with Crippen LogP contribution in [0.4, 0.5) is 8.78 Å². The summed E-state index contributed by atoms with van der Waals surface area (Å²) in [7, 11) is -1.31. The Labute approximate surface area is 179 Å². The van der Waals surface area contributed by atoms with Crippen LogP contribution in [-0.4, -0.2) is 33.5 Å². The van der Waals surface area contributed by atoms with Gasteiger partial charge in [0.15, 0.2) is 11.5 Å². The lowest BCUT2D eigenvalue weighted by Gasteiger charge is -2.37. The van der Waals surface area contributed by atoms with E-state index in [1.807, 2.05) is 12.1 Å². The maximum absolute atomic E-state index is 14.5. The van der Waals surface area contributed by atoms with Gasteiger partial charge in [-0.15, -0.1) is 0 Å². The van der Waals surface area contributed by atoms with Gasteiger partial charge in [0.1, 0.15) is 16.5 Å². The summed E-state index contributed by atoms with van der Waals surface area (Å²) in [6, 6.07) is 14.3. The second-order valence-corrected chi connectivity index (χ2v) is 9.02. The molecule has 0 bridgehead atoms. The number of halogens is 2. The van der Waals surface area contributed by atoms with Crippen LogP contribution >= 0.6 is 0 Å². The summed E-state index contributed by atoms with van der Waals surface area (Å²) >= 11 is 0. The minimum Gasteiger partial charge on any atom is -0.493 e. The van der Waals surface area contributed by atoms with Gasteiger partial charge in [-0.05, 0) is 53.4 Å². The van der Waals surface area contributed by atoms with Crippen LogP contribution in [0.2, 0.25) is 0 Å². The Morgan fingerprint density at radius 1 is 0.935 bits per heavy atom. The molecule has 162 valence electrons. The zero-order valence-electron chi connectivity index (χ0n) is 17.0. The molecule has 8 heteroatoms. The number of hydrogen-bond acceptors (Lipinski definition) is 4. The van der Waals surface area contributed by atoms with Crippen LogP contribution in [0.1, 0.15) is 22.7 Å². The van der Waals surface area contributed by atoms with Crippen LogP contribution < -0.4 is 9.47 Å². The fourth-order valence-corrected chi connectivity index (χ4v) is 5.64. The quantitative estimate of drug-likeness (QED) is 0.587. The summed E-state index contributed by atoms with van der Waals surface area (Å²) in [5, 5.41) is 0. The molecule has 1 unspecified atom stereocenters. The molecule has 0 saturated carbocycles. The second-order valence-electron chi connectivity index (χ2n) is 7.16. The third-order valence-electron chi connectivity index (χ3n) is 5.42. The van der Waals surface area contributed by atoms with Crippen molar-refractivity contribution in [2.45, 2.75) is 17.4 Å². The number of fused-ring (bicyclic) bond motifs is 1. The first-order valence-electron chi connectivity index (χ1n) is 9.63. The maximum Gasteiger partial charge on any atom is 0.246 e. The monoisotopic (exact) mass is 445 g/mol. The van der Waals surface area contributed by atoms with E-state index < -0.39 is 32.6 Å². The van der Waals surface area contributed by atoms with Gasteiger partial charge in [0, 0.05) is 6.54 Å². The highest BCUT2D eigenvalue weighted by Gasteiger charge is 2.39. The van der Waals surface area contributed by atoms with Crippen molar-refractivity contribution in [2.24, 2.45) is 0 Å². The average Bonchev–Trinajstić information content (AvgIpc) is 2.79. The fourth-order valence-electron chi connectivity index (χ4n) is 3.96. The molecule has 3 aromatic rings. The second kappa shape index (κ2) is 8.28. The van der Waals surface area contributed by atoms with Crippen molar-refractivity contribution in [3.63, 3.8) is 0 Å². The van der Waals surface area contributed by atoms with Gasteiger partial charge >= 0.3 is 0 Å². The molecule has 0 fully saturated rings. The van der Waals surface area contributed by atoms with Gasteiger partial charge in [-0.25, -0.2) is 17.2 Å². The highest BCUT2D eigenvalue weighted by molar-refractivity contribution is 7.89. The van der Waals surface area contributed by atoms with Gasteiger partial charge in [-0.3, -0.25) is 0 Å². The summed E-state index contributed by atoms with van der Waals surface area (Å²) in [6.45, 7) is 0.0976. The molecule has 0 aromatic heterocycles. The summed E-state index contributed by atoms with van der Waals surface area (Å²) in [5.74, 6) is -0.815. The Kier molecular flexibility index (Phi) is 5.68. The molecule has 0 N–H and O–H groups in total. The Morgan fingerprint density at radius 2 is 1.61 bits per heavy atom. The Morgan fingerprint density at radius 3 is 2.29 bits per heavy atom. The molecular weight excluding hydrogens is 424 g/mol. The van der Waals surface area contributed by atoms with Crippen LogP contribution in [0.3, 0.4) is 0 Å². The predicted octanol–water partition coefficient (Wildman–Crippen LogP) is 4.32. The van der Waals surface area contributed by atoms with E-state index in [1.54, 1.807) is 30.3 Å². The summed E-state index contributed by atoms with van der Waals surface area (Å²) < 4.78 is 67.3. The molecule has 1 aliphatic heterocycles. The molecular formula is C23H21F2NO4S. The molecule has 1 atom stereocenters. The van der Waals surface area contributed by atoms with E-state index in [1.165, 1.54) is 18.5 Å². The molecule has 4 rings (SSSR count). The first-order chi connectivity index (χ1) is 14.9. The number of ether oxygens (including phenoxy) is 2. The van der Waals surface area contributed by atoms with Crippen molar-refractivity contribution >= 4 is 10.0 Å². The van der Waals surface area contributed by atoms with Gasteiger partial charge in [-0.2, -0.15) is 4.31 Å². The van der Waals surface area contributed by atoms with E-state index in [9.17, 15) is 17.2 Å². The lowest BCUT2D eigenvalue weighted by molar-refractivity contribution is 0.330. The third-order valence-corrected chi connectivity index (χ3v) is 7.30. The van der Waals surface area contributed by atoms with Gasteiger partial charge in [0.05, 0.1) is 20.3 Å². The topological polar surface area (TPSA) is 55.8 Å². The Bertz CT molecular complexity index is 1220. The fraction of sp³-hybridized carbons (Fsp3) is 0.217. The Hall–Kier alpha value is -2.97. The lowest BCUT2D eigenvalue weighted by atomic mass is 9.89. The largest absolute Gasteiger partial charge is 0.493 e. The SMILES string of the molecule is COc1cc2c(cc1OC)C(c1ccccc1)N(S(=O)(=O)c1cc(F)ccc1F)CC2. The predicted molar refractivity (Wildman–Crippen MR) is 112 cm³/mol. The number of benzene rings is 3. The van der Waals surface area contributed by atoms with Crippen LogP contribution in [0.5, 0.6) is 11.5 Å². The zero-order valence-corrected chi connectivity index (χ0v) is 17.8. The van der Waals surface area contributed by atoms with E-state index in [-0.39, 0.29) is 6.54 Å². The van der Waals surface area contributed by atoms with Gasteiger partial charge in [0.2, 0.25) is 10.0 Å². The van der Waals surface area contributed by atoms with Gasteiger partial charge in [0.25, 0.3) is 0 Å². The highest BCUT2D eigenvalue weighted by atomic mass is 32.2. The normalized spacial score (nSPS) is 16.6. The molecule has 1 aliphatic rings. The number of methoxy groups -OCH3 is 2. The van der Waals surface area contributed by atoms with Crippen LogP contribution in [0, 0.1) is 11.6 Å². The average molecular weight is 445 g/mol. The van der Waals surface area contributed by atoms with Gasteiger partial charge in [-0.1, -0.05) is 30.3 Å². The number of nitrogens with zero attached hydrogens (tertiary/aromatic N) is 1. The summed E-state index contributed by atoms with van der Waals surface area (Å²) in [5.41, 5.74) is 2.31. The van der Waals surface area contributed by atoms with Crippen molar-refractivity contribution in [3.05, 3.63) is 89.0 Å². The third kappa shape index (κ3) is 3.77. The molecule has 1 heterocycles. The molecule has 0 radical (unpaired) electrons. The van der Waals surface area contributed by atoms with E-state index in [2.05, 4.69) is 0 Å². The number of rotatable bonds is 5. The van der Waals surface area contributed by atoms with E-state index >= 15 is 0 Å². The lowest BCUT2D eigenvalue weighted by Crippen LogP contribution is -2.41. The number of hydrogen-bond donors (Lipinski definition) is 0. The van der Waals surface area contributed by atoms with Crippen molar-refractivity contribution in [1.82, 2.24) is 4.31 Å². The Balaban J connectivity index is 1.93. The first kappa shape index (κ1) is 21.3. The molecule has 31 heavy (non-hydrogen) atoms. The molecule has 0 saturated heterocycles. The van der Waals surface area contributed by atoms with Crippen molar-refractivity contribution < 1.29 is 26.7 Å². The first-order valence-corrected chi connectivity index (χ1v) is 11.1. The molecule has 3 aromatic carbocycles.